The standard InChI is InChI=1S/C23H21N2O/c1-16-11-12-19-9-6-7-15-24-17(2)26-23(19)22(16)21-14-13-18-8-4-5-10-20(18)25(21)3/h4-8,10-15H,2,9H2,1,3H3/q+1/b7-6-,24-15-. The van der Waals surface area contributed by atoms with E-state index in [-0.39, 0.29) is 0 Å². The molecule has 128 valence electrons. The van der Waals surface area contributed by atoms with Crippen LogP contribution in [-0.4, -0.2) is 6.21 Å². The summed E-state index contributed by atoms with van der Waals surface area (Å²) in [7, 11) is 2.10. The number of rotatable bonds is 1. The van der Waals surface area contributed by atoms with Gasteiger partial charge in [-0.05, 0) is 49.3 Å². The fourth-order valence-electron chi connectivity index (χ4n) is 3.44. The number of allylic oxidation sites excluding steroid dienone is 2. The second-order valence-corrected chi connectivity index (χ2v) is 6.49. The Labute approximate surface area is 153 Å². The van der Waals surface area contributed by atoms with E-state index in [1.54, 1.807) is 6.21 Å². The molecule has 2 heterocycles. The molecule has 3 nitrogen and oxygen atoms in total. The van der Waals surface area contributed by atoms with Crippen molar-refractivity contribution in [3.63, 3.8) is 0 Å². The van der Waals surface area contributed by atoms with E-state index in [2.05, 4.69) is 84.7 Å². The first-order valence-corrected chi connectivity index (χ1v) is 8.72. The van der Waals surface area contributed by atoms with Crippen LogP contribution < -0.4 is 9.30 Å². The van der Waals surface area contributed by atoms with Crippen LogP contribution in [0, 0.1) is 6.92 Å². The van der Waals surface area contributed by atoms with Crippen molar-refractivity contribution in [3.05, 3.63) is 84.3 Å². The molecule has 0 N–H and O–H groups in total. The van der Waals surface area contributed by atoms with Crippen LogP contribution in [0.1, 0.15) is 11.1 Å². The first-order chi connectivity index (χ1) is 12.6. The number of aryl methyl sites for hydroxylation is 2. The van der Waals surface area contributed by atoms with Gasteiger partial charge in [0.1, 0.15) is 12.8 Å². The van der Waals surface area contributed by atoms with Crippen molar-refractivity contribution in [2.45, 2.75) is 13.3 Å². The molecule has 3 aromatic rings. The van der Waals surface area contributed by atoms with Crippen molar-refractivity contribution in [2.24, 2.45) is 12.0 Å². The van der Waals surface area contributed by atoms with Crippen LogP contribution in [-0.2, 0) is 13.5 Å². The van der Waals surface area contributed by atoms with Gasteiger partial charge in [-0.3, -0.25) is 0 Å². The third kappa shape index (κ3) is 2.82. The molecule has 0 saturated carbocycles. The van der Waals surface area contributed by atoms with Gasteiger partial charge in [0, 0.05) is 23.7 Å². The zero-order valence-corrected chi connectivity index (χ0v) is 15.1. The van der Waals surface area contributed by atoms with Crippen molar-refractivity contribution in [1.29, 1.82) is 0 Å². The summed E-state index contributed by atoms with van der Waals surface area (Å²) in [5.74, 6) is 1.23. The van der Waals surface area contributed by atoms with Gasteiger partial charge in [0.15, 0.2) is 0 Å². The quantitative estimate of drug-likeness (QED) is 0.590. The van der Waals surface area contributed by atoms with Gasteiger partial charge in [-0.1, -0.05) is 30.3 Å². The summed E-state index contributed by atoms with van der Waals surface area (Å²) in [5.41, 5.74) is 5.67. The number of hydrogen-bond donors (Lipinski definition) is 0. The number of para-hydroxylation sites is 1. The maximum Gasteiger partial charge on any atom is 0.216 e. The molecule has 1 aliphatic rings. The average molecular weight is 341 g/mol. The van der Waals surface area contributed by atoms with Gasteiger partial charge in [0.2, 0.25) is 17.1 Å². The summed E-state index contributed by atoms with van der Waals surface area (Å²) in [6, 6.07) is 17.0. The monoisotopic (exact) mass is 341 g/mol. The van der Waals surface area contributed by atoms with Crippen molar-refractivity contribution in [3.8, 4) is 17.0 Å². The molecule has 0 atom stereocenters. The van der Waals surface area contributed by atoms with Gasteiger partial charge in [0.25, 0.3) is 0 Å². The van der Waals surface area contributed by atoms with Gasteiger partial charge in [0.05, 0.1) is 5.56 Å². The summed E-state index contributed by atoms with van der Waals surface area (Å²) in [5, 5.41) is 1.21. The molecule has 0 spiro atoms. The van der Waals surface area contributed by atoms with Crippen LogP contribution in [0.15, 0.2) is 78.1 Å². The SMILES string of the molecule is C=C1/N=C\C=C/Cc2ccc(C)c(-c3ccc4ccccc4[n+]3C)c2O1. The van der Waals surface area contributed by atoms with Crippen molar-refractivity contribution >= 4 is 17.1 Å². The zero-order valence-electron chi connectivity index (χ0n) is 15.1. The van der Waals surface area contributed by atoms with E-state index in [9.17, 15) is 0 Å². The number of ether oxygens (including phenoxy) is 1. The Morgan fingerprint density at radius 3 is 2.81 bits per heavy atom. The lowest BCUT2D eigenvalue weighted by atomic mass is 9.97. The summed E-state index contributed by atoms with van der Waals surface area (Å²) in [4.78, 5) is 4.24. The fourth-order valence-corrected chi connectivity index (χ4v) is 3.44. The number of fused-ring (bicyclic) bond motifs is 2. The molecule has 0 bridgehead atoms. The summed E-state index contributed by atoms with van der Waals surface area (Å²) in [6.07, 6.45) is 6.53. The molecule has 0 amide bonds. The molecule has 0 unspecified atom stereocenters. The van der Waals surface area contributed by atoms with E-state index >= 15 is 0 Å². The number of pyridine rings is 1. The Hall–Kier alpha value is -3.20. The number of aromatic nitrogens is 1. The Bertz CT molecular complexity index is 1080. The van der Waals surface area contributed by atoms with E-state index in [1.807, 2.05) is 6.08 Å². The number of nitrogens with zero attached hydrogens (tertiary/aromatic N) is 2. The van der Waals surface area contributed by atoms with Crippen LogP contribution in [0.4, 0.5) is 0 Å². The first-order valence-electron chi connectivity index (χ1n) is 8.72. The van der Waals surface area contributed by atoms with E-state index in [0.29, 0.717) is 5.88 Å². The molecule has 3 heteroatoms. The lowest BCUT2D eigenvalue weighted by molar-refractivity contribution is -0.633. The smallest absolute Gasteiger partial charge is 0.216 e. The summed E-state index contributed by atoms with van der Waals surface area (Å²) >= 11 is 0. The minimum Gasteiger partial charge on any atom is -0.438 e. The number of hydrogen-bond acceptors (Lipinski definition) is 2. The van der Waals surface area contributed by atoms with Gasteiger partial charge in [-0.2, -0.15) is 4.57 Å². The van der Waals surface area contributed by atoms with Crippen LogP contribution in [0.2, 0.25) is 0 Å². The van der Waals surface area contributed by atoms with E-state index < -0.39 is 0 Å². The Morgan fingerprint density at radius 1 is 1.08 bits per heavy atom. The van der Waals surface area contributed by atoms with Crippen LogP contribution in [0.3, 0.4) is 0 Å². The van der Waals surface area contributed by atoms with Gasteiger partial charge < -0.3 is 4.74 Å². The van der Waals surface area contributed by atoms with Crippen LogP contribution >= 0.6 is 0 Å². The lowest BCUT2D eigenvalue weighted by Gasteiger charge is -2.16. The highest BCUT2D eigenvalue weighted by atomic mass is 16.5. The molecule has 1 aromatic heterocycles. The van der Waals surface area contributed by atoms with E-state index in [0.717, 1.165) is 34.6 Å². The molecule has 0 aliphatic carbocycles. The second kappa shape index (κ2) is 6.60. The molecule has 1 aliphatic heterocycles. The molecular weight excluding hydrogens is 320 g/mol. The minimum absolute atomic E-state index is 0.396. The van der Waals surface area contributed by atoms with Crippen molar-refractivity contribution in [2.75, 3.05) is 0 Å². The van der Waals surface area contributed by atoms with E-state index in [4.69, 9.17) is 4.74 Å². The van der Waals surface area contributed by atoms with Gasteiger partial charge in [-0.25, -0.2) is 4.99 Å². The molecular formula is C23H21N2O+. The summed E-state index contributed by atoms with van der Waals surface area (Å²) in [6.45, 7) is 6.05. The van der Waals surface area contributed by atoms with Gasteiger partial charge >= 0.3 is 0 Å². The largest absolute Gasteiger partial charge is 0.438 e. The third-order valence-corrected chi connectivity index (χ3v) is 4.78. The Morgan fingerprint density at radius 2 is 1.92 bits per heavy atom. The van der Waals surface area contributed by atoms with Crippen molar-refractivity contribution < 1.29 is 9.30 Å². The molecule has 26 heavy (non-hydrogen) atoms. The predicted octanol–water partition coefficient (Wildman–Crippen LogP) is 4.67. The van der Waals surface area contributed by atoms with Crippen molar-refractivity contribution in [1.82, 2.24) is 0 Å². The molecule has 4 rings (SSSR count). The molecule has 0 saturated heterocycles. The van der Waals surface area contributed by atoms with E-state index in [1.165, 1.54) is 10.9 Å². The fraction of sp³-hybridized carbons (Fsp3) is 0.130. The molecule has 0 fully saturated rings. The predicted molar refractivity (Wildman–Crippen MR) is 106 cm³/mol. The topological polar surface area (TPSA) is 25.5 Å². The highest BCUT2D eigenvalue weighted by molar-refractivity contribution is 5.80. The Kier molecular flexibility index (Phi) is 4.13. The highest BCUT2D eigenvalue weighted by Crippen LogP contribution is 2.37. The second-order valence-electron chi connectivity index (χ2n) is 6.49. The van der Waals surface area contributed by atoms with Crippen LogP contribution in [0.5, 0.6) is 5.75 Å². The summed E-state index contributed by atoms with van der Waals surface area (Å²) < 4.78 is 8.32. The lowest BCUT2D eigenvalue weighted by Crippen LogP contribution is -2.32. The molecule has 2 aromatic carbocycles. The Balaban J connectivity index is 1.99. The highest BCUT2D eigenvalue weighted by Gasteiger charge is 2.23. The average Bonchev–Trinajstić information content (AvgIpc) is 2.73. The maximum absolute atomic E-state index is 6.10. The molecule has 0 radical (unpaired) electrons. The zero-order chi connectivity index (χ0) is 18.1. The number of benzene rings is 2. The van der Waals surface area contributed by atoms with Gasteiger partial charge in [-0.15, -0.1) is 0 Å². The number of aliphatic imine (C=N–C) groups is 1. The van der Waals surface area contributed by atoms with Crippen LogP contribution in [0.25, 0.3) is 22.2 Å². The maximum atomic E-state index is 6.10. The minimum atomic E-state index is 0.396. The first kappa shape index (κ1) is 16.3. The third-order valence-electron chi connectivity index (χ3n) is 4.78. The normalized spacial score (nSPS) is 16.2.